The van der Waals surface area contributed by atoms with Crippen molar-refractivity contribution < 1.29 is 17.2 Å². The van der Waals surface area contributed by atoms with Crippen molar-refractivity contribution in [3.05, 3.63) is 23.9 Å². The zero-order valence-electron chi connectivity index (χ0n) is 13.8. The number of aromatic nitrogens is 1. The number of hydrogen-bond acceptors (Lipinski definition) is 4. The van der Waals surface area contributed by atoms with E-state index < -0.39 is 22.0 Å². The molecule has 1 aliphatic heterocycles. The molecule has 1 fully saturated rings. The van der Waals surface area contributed by atoms with Crippen LogP contribution in [0, 0.1) is 5.92 Å². The van der Waals surface area contributed by atoms with Gasteiger partial charge in [0.25, 0.3) is 5.92 Å². The van der Waals surface area contributed by atoms with Gasteiger partial charge in [0.2, 0.25) is 0 Å². The average molecular weight is 370 g/mol. The van der Waals surface area contributed by atoms with E-state index in [2.05, 4.69) is 4.98 Å². The summed E-state index contributed by atoms with van der Waals surface area (Å²) in [5.41, 5.74) is 8.02. The second kappa shape index (κ2) is 5.38. The first-order valence-electron chi connectivity index (χ1n) is 8.30. The van der Waals surface area contributed by atoms with Gasteiger partial charge in [-0.3, -0.25) is 0 Å². The molecule has 9 heteroatoms. The number of pyridine rings is 1. The minimum atomic E-state index is -3.86. The van der Waals surface area contributed by atoms with Crippen LogP contribution in [0.1, 0.15) is 31.4 Å². The van der Waals surface area contributed by atoms with E-state index in [1.54, 1.807) is 12.1 Å². The third-order valence-corrected chi connectivity index (χ3v) is 6.94. The van der Waals surface area contributed by atoms with E-state index in [4.69, 9.17) is 5.73 Å². The molecule has 2 N–H and O–H groups in total. The standard InChI is InChI=1S/C16H20F2N4O2S/c1-21-15-14(22(25(21,23)24)9-11-8-16(11,17)18)7-6-13(20-15)10-2-4-12(19)5-3-10/h2,6-7,11-12H,3-5,8-9,19H2,1H3. The molecule has 1 aromatic heterocycles. The molecule has 4 rings (SSSR count). The SMILES string of the molecule is CN1c2nc(C3=CCC(N)CC3)ccc2N(CC2CC2(F)F)S1(=O)=O. The largest absolute Gasteiger partial charge is 0.327 e. The first-order valence-corrected chi connectivity index (χ1v) is 9.70. The van der Waals surface area contributed by atoms with Crippen molar-refractivity contribution in [2.75, 3.05) is 22.2 Å². The molecule has 2 unspecified atom stereocenters. The third-order valence-electron chi connectivity index (χ3n) is 5.17. The fraction of sp³-hybridized carbons (Fsp3) is 0.562. The predicted octanol–water partition coefficient (Wildman–Crippen LogP) is 2.13. The first-order chi connectivity index (χ1) is 11.7. The number of allylic oxidation sites excluding steroid dienone is 1. The summed E-state index contributed by atoms with van der Waals surface area (Å²) >= 11 is 0. The summed E-state index contributed by atoms with van der Waals surface area (Å²) in [6, 6.07) is 3.57. The van der Waals surface area contributed by atoms with Gasteiger partial charge < -0.3 is 5.73 Å². The van der Waals surface area contributed by atoms with E-state index in [0.29, 0.717) is 11.4 Å². The van der Waals surface area contributed by atoms with E-state index in [-0.39, 0.29) is 24.8 Å². The summed E-state index contributed by atoms with van der Waals surface area (Å²) in [5.74, 6) is -3.41. The third kappa shape index (κ3) is 2.69. The molecule has 2 atom stereocenters. The summed E-state index contributed by atoms with van der Waals surface area (Å²) in [6.45, 7) is -0.217. The van der Waals surface area contributed by atoms with Gasteiger partial charge in [-0.05, 0) is 37.0 Å². The molecule has 6 nitrogen and oxygen atoms in total. The number of nitrogens with two attached hydrogens (primary N) is 1. The molecule has 3 aliphatic rings. The molecular weight excluding hydrogens is 350 g/mol. The molecule has 1 aromatic rings. The molecule has 2 heterocycles. The van der Waals surface area contributed by atoms with Gasteiger partial charge >= 0.3 is 10.2 Å². The van der Waals surface area contributed by atoms with Gasteiger partial charge in [0, 0.05) is 32.0 Å². The van der Waals surface area contributed by atoms with Crippen molar-refractivity contribution in [3.63, 3.8) is 0 Å². The van der Waals surface area contributed by atoms with Crippen molar-refractivity contribution >= 4 is 27.3 Å². The highest BCUT2D eigenvalue weighted by molar-refractivity contribution is 7.94. The Balaban J connectivity index is 1.67. The molecule has 2 aliphatic carbocycles. The van der Waals surface area contributed by atoms with E-state index in [9.17, 15) is 17.2 Å². The summed E-state index contributed by atoms with van der Waals surface area (Å²) in [5, 5.41) is 0. The Labute approximate surface area is 145 Å². The van der Waals surface area contributed by atoms with Crippen molar-refractivity contribution in [1.29, 1.82) is 0 Å². The topological polar surface area (TPSA) is 79.5 Å². The van der Waals surface area contributed by atoms with Gasteiger partial charge in [-0.1, -0.05) is 6.08 Å². The molecule has 0 spiro atoms. The number of hydrogen-bond donors (Lipinski definition) is 1. The Kier molecular flexibility index (Phi) is 3.59. The van der Waals surface area contributed by atoms with Crippen LogP contribution in [0.25, 0.3) is 5.57 Å². The van der Waals surface area contributed by atoms with Crippen molar-refractivity contribution in [1.82, 2.24) is 4.98 Å². The maximum absolute atomic E-state index is 13.2. The maximum Gasteiger partial charge on any atom is 0.327 e. The predicted molar refractivity (Wildman–Crippen MR) is 91.8 cm³/mol. The van der Waals surface area contributed by atoms with Gasteiger partial charge in [-0.25, -0.2) is 22.4 Å². The molecule has 0 bridgehead atoms. The fourth-order valence-electron chi connectivity index (χ4n) is 3.38. The molecule has 0 amide bonds. The number of nitrogens with zero attached hydrogens (tertiary/aromatic N) is 3. The lowest BCUT2D eigenvalue weighted by Gasteiger charge is -2.18. The summed E-state index contributed by atoms with van der Waals surface area (Å²) in [4.78, 5) is 4.50. The molecule has 136 valence electrons. The summed E-state index contributed by atoms with van der Waals surface area (Å²) < 4.78 is 53.8. The van der Waals surface area contributed by atoms with E-state index in [0.717, 1.165) is 33.4 Å². The highest BCUT2D eigenvalue weighted by Crippen LogP contribution is 2.51. The van der Waals surface area contributed by atoms with Crippen LogP contribution in [0.2, 0.25) is 0 Å². The van der Waals surface area contributed by atoms with Crippen LogP contribution in [-0.2, 0) is 10.2 Å². The van der Waals surface area contributed by atoms with Crippen molar-refractivity contribution in [2.24, 2.45) is 11.7 Å². The lowest BCUT2D eigenvalue weighted by Crippen LogP contribution is -2.37. The number of halogens is 2. The smallest absolute Gasteiger partial charge is 0.327 e. The molecule has 0 saturated heterocycles. The molecular formula is C16H20F2N4O2S. The Morgan fingerprint density at radius 2 is 2.12 bits per heavy atom. The minimum Gasteiger partial charge on any atom is -0.327 e. The lowest BCUT2D eigenvalue weighted by molar-refractivity contribution is 0.101. The van der Waals surface area contributed by atoms with Gasteiger partial charge in [0.15, 0.2) is 5.82 Å². The van der Waals surface area contributed by atoms with Gasteiger partial charge in [-0.2, -0.15) is 8.42 Å². The molecule has 1 saturated carbocycles. The maximum atomic E-state index is 13.2. The number of alkyl halides is 2. The van der Waals surface area contributed by atoms with E-state index in [1.165, 1.54) is 7.05 Å². The summed E-state index contributed by atoms with van der Waals surface area (Å²) in [7, 11) is -2.45. The van der Waals surface area contributed by atoms with E-state index >= 15 is 0 Å². The van der Waals surface area contributed by atoms with Crippen LogP contribution in [0.4, 0.5) is 20.3 Å². The fourth-order valence-corrected chi connectivity index (χ4v) is 4.78. The quantitative estimate of drug-likeness (QED) is 0.884. The monoisotopic (exact) mass is 370 g/mol. The number of fused-ring (bicyclic) bond motifs is 1. The number of anilines is 2. The zero-order chi connectivity index (χ0) is 18.0. The minimum absolute atomic E-state index is 0.150. The normalized spacial score (nSPS) is 29.4. The average Bonchev–Trinajstić information content (AvgIpc) is 3.13. The Hall–Kier alpha value is -1.74. The zero-order valence-corrected chi connectivity index (χ0v) is 14.6. The Morgan fingerprint density at radius 3 is 2.72 bits per heavy atom. The first kappa shape index (κ1) is 16.7. The highest BCUT2D eigenvalue weighted by atomic mass is 32.2. The summed E-state index contributed by atoms with van der Waals surface area (Å²) in [6.07, 6.45) is 4.19. The Morgan fingerprint density at radius 1 is 1.40 bits per heavy atom. The van der Waals surface area contributed by atoms with Crippen LogP contribution in [0.3, 0.4) is 0 Å². The van der Waals surface area contributed by atoms with Crippen molar-refractivity contribution in [2.45, 2.75) is 37.6 Å². The Bertz CT molecular complexity index is 856. The molecule has 0 aromatic carbocycles. The van der Waals surface area contributed by atoms with Crippen LogP contribution in [0.5, 0.6) is 0 Å². The molecule has 25 heavy (non-hydrogen) atoms. The van der Waals surface area contributed by atoms with Crippen LogP contribution >= 0.6 is 0 Å². The number of rotatable bonds is 3. The van der Waals surface area contributed by atoms with Gasteiger partial charge in [0.1, 0.15) is 0 Å². The highest BCUT2D eigenvalue weighted by Gasteiger charge is 2.59. The second-order valence-electron chi connectivity index (χ2n) is 6.97. The van der Waals surface area contributed by atoms with Crippen molar-refractivity contribution in [3.8, 4) is 0 Å². The van der Waals surface area contributed by atoms with E-state index in [1.807, 2.05) is 6.08 Å². The molecule has 0 radical (unpaired) electrons. The second-order valence-corrected chi connectivity index (χ2v) is 8.86. The van der Waals surface area contributed by atoms with Crippen LogP contribution < -0.4 is 14.3 Å². The van der Waals surface area contributed by atoms with Crippen LogP contribution in [0.15, 0.2) is 18.2 Å². The van der Waals surface area contributed by atoms with Gasteiger partial charge in [-0.15, -0.1) is 0 Å². The van der Waals surface area contributed by atoms with Gasteiger partial charge in [0.05, 0.1) is 11.4 Å². The van der Waals surface area contributed by atoms with Crippen LogP contribution in [-0.4, -0.2) is 39.0 Å². The lowest BCUT2D eigenvalue weighted by atomic mass is 9.93.